The predicted molar refractivity (Wildman–Crippen MR) is 142 cm³/mol. The van der Waals surface area contributed by atoms with Crippen molar-refractivity contribution in [1.29, 1.82) is 0 Å². The monoisotopic (exact) mass is 468 g/mol. The number of benzene rings is 3. The molecule has 2 saturated heterocycles. The van der Waals surface area contributed by atoms with Crippen LogP contribution in [0.25, 0.3) is 0 Å². The molecule has 3 aromatic rings. The van der Waals surface area contributed by atoms with Gasteiger partial charge in [0.2, 0.25) is 5.91 Å². The van der Waals surface area contributed by atoms with Gasteiger partial charge in [0.25, 0.3) is 0 Å². The van der Waals surface area contributed by atoms with Gasteiger partial charge in [-0.05, 0) is 44.4 Å². The first-order valence-corrected chi connectivity index (χ1v) is 12.7. The number of carbonyl (C=O) groups excluding carboxylic acids is 1. The molecule has 3 nitrogen and oxygen atoms in total. The molecule has 5 rings (SSSR count). The van der Waals surface area contributed by atoms with Crippen LogP contribution in [0.1, 0.15) is 44.4 Å². The number of hydrogen-bond acceptors (Lipinski definition) is 3. The second-order valence-electron chi connectivity index (χ2n) is 10.3. The highest BCUT2D eigenvalue weighted by atomic mass is 32.2. The molecule has 174 valence electrons. The highest BCUT2D eigenvalue weighted by Gasteiger charge is 2.61. The van der Waals surface area contributed by atoms with Crippen LogP contribution in [0.3, 0.4) is 0 Å². The maximum atomic E-state index is 13.3. The zero-order valence-corrected chi connectivity index (χ0v) is 21.1. The highest BCUT2D eigenvalue weighted by molar-refractivity contribution is 8.01. The molecule has 0 radical (unpaired) electrons. The molecule has 1 N–H and O–H groups in total. The molecule has 0 unspecified atom stereocenters. The summed E-state index contributed by atoms with van der Waals surface area (Å²) in [6.07, 6.45) is 0. The number of nitrogens with one attached hydrogen (secondary N) is 1. The molecule has 4 heteroatoms. The molecule has 34 heavy (non-hydrogen) atoms. The van der Waals surface area contributed by atoms with Gasteiger partial charge in [-0.2, -0.15) is 0 Å². The number of carbonyl (C=O) groups is 1. The number of hydrogen-bond donors (Lipinski definition) is 1. The molecule has 0 aromatic heterocycles. The van der Waals surface area contributed by atoms with Crippen LogP contribution in [0.4, 0.5) is 0 Å². The number of β-lactam (4-membered cyclic amide) rings is 1. The van der Waals surface area contributed by atoms with Crippen molar-refractivity contribution in [3.05, 3.63) is 120 Å². The second-order valence-corrected chi connectivity index (χ2v) is 12.0. The predicted octanol–water partition coefficient (Wildman–Crippen LogP) is 5.97. The lowest BCUT2D eigenvalue weighted by Gasteiger charge is -2.53. The smallest absolute Gasteiger partial charge is 0.248 e. The number of fused-ring (bicyclic) bond motifs is 1. The van der Waals surface area contributed by atoms with E-state index in [0.29, 0.717) is 0 Å². The van der Waals surface area contributed by atoms with Crippen LogP contribution in [0.5, 0.6) is 0 Å². The molecule has 0 saturated carbocycles. The van der Waals surface area contributed by atoms with Gasteiger partial charge >= 0.3 is 0 Å². The molecule has 2 heterocycles. The molecule has 2 atom stereocenters. The summed E-state index contributed by atoms with van der Waals surface area (Å²) in [4.78, 5) is 15.2. The molecule has 0 aliphatic carbocycles. The normalized spacial score (nSPS) is 21.8. The molecule has 2 fully saturated rings. The summed E-state index contributed by atoms with van der Waals surface area (Å²) in [7, 11) is 0. The van der Waals surface area contributed by atoms with E-state index in [9.17, 15) is 4.79 Å². The van der Waals surface area contributed by atoms with Crippen molar-refractivity contribution in [2.45, 2.75) is 54.8 Å². The van der Waals surface area contributed by atoms with Crippen molar-refractivity contribution in [2.75, 3.05) is 0 Å². The standard InChI is InChI=1S/C30H32N2OS/c1-21-28(2,3)34-27-25(26(33)32(21)27)31-29(4,5)30(22-15-9-6-10-16-22,23-17-11-7-12-18-23)24-19-13-8-14-20-24/h6-20,25,27,31H,1H2,2-5H3/t25-,27-/m1/s1. The van der Waals surface area contributed by atoms with Crippen molar-refractivity contribution in [2.24, 2.45) is 0 Å². The van der Waals surface area contributed by atoms with E-state index in [-0.39, 0.29) is 22.1 Å². The third kappa shape index (κ3) is 3.27. The highest BCUT2D eigenvalue weighted by Crippen LogP contribution is 2.54. The summed E-state index contributed by atoms with van der Waals surface area (Å²) in [5.74, 6) is 0.115. The maximum Gasteiger partial charge on any atom is 0.248 e. The van der Waals surface area contributed by atoms with E-state index in [4.69, 9.17) is 0 Å². The van der Waals surface area contributed by atoms with Crippen molar-refractivity contribution in [3.63, 3.8) is 0 Å². The van der Waals surface area contributed by atoms with E-state index in [1.807, 2.05) is 16.7 Å². The fourth-order valence-electron chi connectivity index (χ4n) is 5.81. The SMILES string of the molecule is C=C1N2C(=O)[C@@H](NC(C)(C)C(c3ccccc3)(c3ccccc3)c3ccccc3)[C@H]2SC1(C)C. The minimum Gasteiger partial charge on any atom is -0.299 e. The fourth-order valence-corrected chi connectivity index (χ4v) is 7.30. The van der Waals surface area contributed by atoms with Gasteiger partial charge < -0.3 is 0 Å². The van der Waals surface area contributed by atoms with Gasteiger partial charge in [0, 0.05) is 11.2 Å². The molecule has 0 spiro atoms. The Hall–Kier alpha value is -2.82. The van der Waals surface area contributed by atoms with Crippen LogP contribution in [-0.4, -0.2) is 32.5 Å². The van der Waals surface area contributed by atoms with Crippen LogP contribution in [0.2, 0.25) is 0 Å². The van der Waals surface area contributed by atoms with E-state index >= 15 is 0 Å². The minimum atomic E-state index is -0.521. The van der Waals surface area contributed by atoms with E-state index in [1.54, 1.807) is 0 Å². The third-order valence-corrected chi connectivity index (χ3v) is 9.07. The maximum absolute atomic E-state index is 13.3. The fraction of sp³-hybridized carbons (Fsp3) is 0.300. The topological polar surface area (TPSA) is 32.3 Å². The molecular formula is C30H32N2OS. The molecule has 2 aliphatic rings. The van der Waals surface area contributed by atoms with Gasteiger partial charge in [0.1, 0.15) is 11.4 Å². The molecule has 1 amide bonds. The van der Waals surface area contributed by atoms with Crippen LogP contribution < -0.4 is 5.32 Å². The first-order valence-electron chi connectivity index (χ1n) is 11.8. The van der Waals surface area contributed by atoms with Crippen molar-refractivity contribution in [1.82, 2.24) is 10.2 Å². The van der Waals surface area contributed by atoms with E-state index in [0.717, 1.165) is 5.70 Å². The van der Waals surface area contributed by atoms with E-state index in [1.165, 1.54) is 16.7 Å². The Balaban J connectivity index is 1.67. The summed E-state index contributed by atoms with van der Waals surface area (Å²) in [6, 6.07) is 31.7. The van der Waals surface area contributed by atoms with E-state index in [2.05, 4.69) is 131 Å². The lowest BCUT2D eigenvalue weighted by molar-refractivity contribution is -0.143. The largest absolute Gasteiger partial charge is 0.299 e. The van der Waals surface area contributed by atoms with E-state index < -0.39 is 11.0 Å². The van der Waals surface area contributed by atoms with Gasteiger partial charge in [0.05, 0.1) is 10.2 Å². The summed E-state index contributed by atoms with van der Waals surface area (Å²) < 4.78 is -0.143. The summed E-state index contributed by atoms with van der Waals surface area (Å²) in [6.45, 7) is 13.0. The molecular weight excluding hydrogens is 436 g/mol. The average molecular weight is 469 g/mol. The number of nitrogens with zero attached hydrogens (tertiary/aromatic N) is 1. The first-order chi connectivity index (χ1) is 16.2. The number of rotatable bonds is 6. The lowest BCUT2D eigenvalue weighted by Crippen LogP contribution is -2.72. The third-order valence-electron chi connectivity index (χ3n) is 7.52. The average Bonchev–Trinajstić information content (AvgIpc) is 3.06. The van der Waals surface area contributed by atoms with Crippen LogP contribution >= 0.6 is 11.8 Å². The first kappa shape index (κ1) is 22.9. The Morgan fingerprint density at radius 3 is 1.65 bits per heavy atom. The zero-order chi connectivity index (χ0) is 24.1. The van der Waals surface area contributed by atoms with Gasteiger partial charge in [-0.3, -0.25) is 15.0 Å². The summed E-state index contributed by atoms with van der Waals surface area (Å²) in [5, 5.41) is 3.92. The second kappa shape index (κ2) is 8.14. The van der Waals surface area contributed by atoms with Gasteiger partial charge in [-0.1, -0.05) is 97.6 Å². The zero-order valence-electron chi connectivity index (χ0n) is 20.3. The quantitative estimate of drug-likeness (QED) is 0.358. The van der Waals surface area contributed by atoms with Gasteiger partial charge in [0.15, 0.2) is 0 Å². The Morgan fingerprint density at radius 1 is 0.824 bits per heavy atom. The Bertz CT molecular complexity index is 1110. The van der Waals surface area contributed by atoms with Gasteiger partial charge in [-0.25, -0.2) is 0 Å². The van der Waals surface area contributed by atoms with Crippen molar-refractivity contribution >= 4 is 17.7 Å². The van der Waals surface area contributed by atoms with Crippen LogP contribution in [0, 0.1) is 0 Å². The lowest BCUT2D eigenvalue weighted by atomic mass is 9.58. The number of amides is 1. The van der Waals surface area contributed by atoms with Gasteiger partial charge in [-0.15, -0.1) is 11.8 Å². The summed E-state index contributed by atoms with van der Waals surface area (Å²) >= 11 is 1.82. The van der Waals surface area contributed by atoms with Crippen LogP contribution in [-0.2, 0) is 10.2 Å². The van der Waals surface area contributed by atoms with Crippen molar-refractivity contribution in [3.8, 4) is 0 Å². The Kier molecular flexibility index (Phi) is 5.50. The van der Waals surface area contributed by atoms with Crippen molar-refractivity contribution < 1.29 is 4.79 Å². The summed E-state index contributed by atoms with van der Waals surface area (Å²) in [5.41, 5.74) is 3.46. The minimum absolute atomic E-state index is 0.0642. The Morgan fingerprint density at radius 2 is 1.24 bits per heavy atom. The molecule has 0 bridgehead atoms. The Labute approximate surface area is 207 Å². The molecule has 3 aromatic carbocycles. The molecule has 2 aliphatic heterocycles. The number of thioether (sulfide) groups is 1. The van der Waals surface area contributed by atoms with Crippen LogP contribution in [0.15, 0.2) is 103 Å².